The van der Waals surface area contributed by atoms with Crippen LogP contribution in [0.4, 0.5) is 10.1 Å². The molecule has 2 N–H and O–H groups in total. The van der Waals surface area contributed by atoms with Crippen molar-refractivity contribution in [2.45, 2.75) is 0 Å². The van der Waals surface area contributed by atoms with E-state index in [9.17, 15) is 14.0 Å². The van der Waals surface area contributed by atoms with E-state index in [1.54, 1.807) is 0 Å². The number of carbonyl (C=O) groups is 2. The molecule has 0 aliphatic rings. The van der Waals surface area contributed by atoms with Crippen molar-refractivity contribution in [3.8, 4) is 0 Å². The minimum absolute atomic E-state index is 0.0494. The number of amides is 1. The molecule has 1 amide bonds. The van der Waals surface area contributed by atoms with Gasteiger partial charge in [-0.15, -0.1) is 0 Å². The lowest BCUT2D eigenvalue weighted by Crippen LogP contribution is -2.15. The van der Waals surface area contributed by atoms with E-state index in [0.717, 1.165) is 6.07 Å². The van der Waals surface area contributed by atoms with Crippen LogP contribution in [-0.4, -0.2) is 22.0 Å². The highest BCUT2D eigenvalue weighted by Crippen LogP contribution is 2.18. The molecular weight excluding hydrogens is 331 g/mol. The number of anilines is 1. The second-order valence-corrected chi connectivity index (χ2v) is 4.64. The van der Waals surface area contributed by atoms with Crippen molar-refractivity contribution >= 4 is 33.5 Å². The van der Waals surface area contributed by atoms with Crippen LogP contribution in [0.25, 0.3) is 0 Å². The topological polar surface area (TPSA) is 79.3 Å². The van der Waals surface area contributed by atoms with Crippen LogP contribution in [0.5, 0.6) is 0 Å². The Morgan fingerprint density at radius 1 is 1.30 bits per heavy atom. The Hall–Kier alpha value is -2.28. The van der Waals surface area contributed by atoms with Gasteiger partial charge in [-0.25, -0.2) is 14.2 Å². The van der Waals surface area contributed by atoms with Gasteiger partial charge in [0.1, 0.15) is 5.82 Å². The van der Waals surface area contributed by atoms with Gasteiger partial charge in [0.2, 0.25) is 0 Å². The number of nitrogens with zero attached hydrogens (tertiary/aromatic N) is 1. The summed E-state index contributed by atoms with van der Waals surface area (Å²) in [5.41, 5.74) is -0.155. The van der Waals surface area contributed by atoms with Gasteiger partial charge in [-0.05, 0) is 46.3 Å². The Morgan fingerprint density at radius 2 is 2.05 bits per heavy atom. The average Bonchev–Trinajstić information content (AvgIpc) is 2.42. The van der Waals surface area contributed by atoms with Crippen molar-refractivity contribution in [3.63, 3.8) is 0 Å². The molecule has 0 fully saturated rings. The molecule has 0 aliphatic carbocycles. The maximum Gasteiger partial charge on any atom is 0.356 e. The molecule has 0 saturated heterocycles. The van der Waals surface area contributed by atoms with Crippen molar-refractivity contribution in [3.05, 3.63) is 58.1 Å². The molecular formula is C13H8BrFN2O3. The second-order valence-electron chi connectivity index (χ2n) is 3.79. The molecule has 20 heavy (non-hydrogen) atoms. The van der Waals surface area contributed by atoms with Gasteiger partial charge in [0.25, 0.3) is 5.91 Å². The summed E-state index contributed by atoms with van der Waals surface area (Å²) in [6.07, 6.45) is 1.30. The number of carboxylic acid groups (broad SMARTS) is 1. The zero-order valence-electron chi connectivity index (χ0n) is 9.93. The highest BCUT2D eigenvalue weighted by molar-refractivity contribution is 9.10. The van der Waals surface area contributed by atoms with Gasteiger partial charge >= 0.3 is 5.97 Å². The number of benzene rings is 1. The fourth-order valence-electron chi connectivity index (χ4n) is 1.51. The van der Waals surface area contributed by atoms with E-state index >= 15 is 0 Å². The van der Waals surface area contributed by atoms with Gasteiger partial charge in [0, 0.05) is 11.8 Å². The minimum atomic E-state index is -1.26. The van der Waals surface area contributed by atoms with Crippen LogP contribution in [0.2, 0.25) is 0 Å². The van der Waals surface area contributed by atoms with Gasteiger partial charge in [0.05, 0.1) is 10.2 Å². The van der Waals surface area contributed by atoms with Crippen LogP contribution in [0.15, 0.2) is 41.0 Å². The van der Waals surface area contributed by atoms with Gasteiger partial charge < -0.3 is 10.4 Å². The highest BCUT2D eigenvalue weighted by Gasteiger charge is 2.15. The largest absolute Gasteiger partial charge is 0.476 e. The number of aromatic carboxylic acids is 1. The fraction of sp³-hybridized carbons (Fsp3) is 0. The lowest BCUT2D eigenvalue weighted by atomic mass is 10.2. The summed E-state index contributed by atoms with van der Waals surface area (Å²) in [5.74, 6) is -2.46. The fourth-order valence-corrected chi connectivity index (χ4v) is 1.76. The van der Waals surface area contributed by atoms with Crippen molar-refractivity contribution in [2.24, 2.45) is 0 Å². The molecule has 5 nitrogen and oxygen atoms in total. The predicted octanol–water partition coefficient (Wildman–Crippen LogP) is 2.93. The molecule has 102 valence electrons. The quantitative estimate of drug-likeness (QED) is 0.901. The highest BCUT2D eigenvalue weighted by atomic mass is 79.9. The van der Waals surface area contributed by atoms with E-state index in [1.807, 2.05) is 0 Å². The number of halogens is 2. The molecule has 2 aromatic rings. The summed E-state index contributed by atoms with van der Waals surface area (Å²) in [6.45, 7) is 0. The molecule has 0 saturated carbocycles. The maximum atomic E-state index is 13.4. The van der Waals surface area contributed by atoms with E-state index in [-0.39, 0.29) is 21.4 Å². The van der Waals surface area contributed by atoms with Crippen LogP contribution in [0.3, 0.4) is 0 Å². The number of pyridine rings is 1. The number of carbonyl (C=O) groups excluding carboxylic acids is 1. The molecule has 0 radical (unpaired) electrons. The third kappa shape index (κ3) is 3.00. The molecule has 0 aliphatic heterocycles. The Balaban J connectivity index is 2.28. The number of aromatic nitrogens is 1. The molecule has 1 heterocycles. The van der Waals surface area contributed by atoms with E-state index < -0.39 is 17.7 Å². The first-order valence-corrected chi connectivity index (χ1v) is 6.23. The Bertz CT molecular complexity index is 691. The smallest absolute Gasteiger partial charge is 0.356 e. The Kier molecular flexibility index (Phi) is 4.09. The molecule has 0 unspecified atom stereocenters. The Morgan fingerprint density at radius 3 is 2.70 bits per heavy atom. The van der Waals surface area contributed by atoms with E-state index in [0.29, 0.717) is 0 Å². The van der Waals surface area contributed by atoms with Crippen LogP contribution < -0.4 is 5.32 Å². The van der Waals surface area contributed by atoms with Gasteiger partial charge in [-0.1, -0.05) is 0 Å². The molecule has 1 aromatic heterocycles. The summed E-state index contributed by atoms with van der Waals surface area (Å²) in [5, 5.41) is 11.3. The predicted molar refractivity (Wildman–Crippen MR) is 73.2 cm³/mol. The SMILES string of the molecule is O=C(Nc1cccnc1C(=O)O)c1ccc(Br)c(F)c1. The number of carboxylic acids is 1. The number of rotatable bonds is 3. The van der Waals surface area contributed by atoms with Crippen LogP contribution in [0, 0.1) is 5.82 Å². The molecule has 0 spiro atoms. The summed E-state index contributed by atoms with van der Waals surface area (Å²) in [6, 6.07) is 6.76. The summed E-state index contributed by atoms with van der Waals surface area (Å²) >= 11 is 2.98. The zero-order chi connectivity index (χ0) is 14.7. The van der Waals surface area contributed by atoms with E-state index in [4.69, 9.17) is 5.11 Å². The molecule has 1 aromatic carbocycles. The van der Waals surface area contributed by atoms with Crippen LogP contribution in [-0.2, 0) is 0 Å². The minimum Gasteiger partial charge on any atom is -0.476 e. The molecule has 7 heteroatoms. The third-order valence-corrected chi connectivity index (χ3v) is 3.08. The average molecular weight is 339 g/mol. The molecule has 0 atom stereocenters. The standard InChI is InChI=1S/C13H8BrFN2O3/c14-8-4-3-7(6-9(8)15)12(18)17-10-2-1-5-16-11(10)13(19)20/h1-6H,(H,17,18)(H,19,20). The lowest BCUT2D eigenvalue weighted by Gasteiger charge is -2.07. The van der Waals surface area contributed by atoms with Crippen molar-refractivity contribution in [2.75, 3.05) is 5.32 Å². The van der Waals surface area contributed by atoms with Gasteiger partial charge in [0.15, 0.2) is 5.69 Å². The van der Waals surface area contributed by atoms with Crippen LogP contribution in [0.1, 0.15) is 20.8 Å². The monoisotopic (exact) mass is 338 g/mol. The number of nitrogens with one attached hydrogen (secondary N) is 1. The first kappa shape index (κ1) is 14.1. The summed E-state index contributed by atoms with van der Waals surface area (Å²) < 4.78 is 13.6. The Labute approximate surface area is 121 Å². The third-order valence-electron chi connectivity index (χ3n) is 2.44. The summed E-state index contributed by atoms with van der Waals surface area (Å²) in [7, 11) is 0. The second kappa shape index (κ2) is 5.79. The molecule has 2 rings (SSSR count). The van der Waals surface area contributed by atoms with Gasteiger partial charge in [-0.2, -0.15) is 0 Å². The van der Waals surface area contributed by atoms with E-state index in [2.05, 4.69) is 26.2 Å². The van der Waals surface area contributed by atoms with Gasteiger partial charge in [-0.3, -0.25) is 4.79 Å². The number of hydrogen-bond acceptors (Lipinski definition) is 3. The normalized spacial score (nSPS) is 10.1. The zero-order valence-corrected chi connectivity index (χ0v) is 11.5. The summed E-state index contributed by atoms with van der Waals surface area (Å²) in [4.78, 5) is 26.6. The van der Waals surface area contributed by atoms with E-state index in [1.165, 1.54) is 30.5 Å². The first-order chi connectivity index (χ1) is 9.49. The maximum absolute atomic E-state index is 13.4. The number of hydrogen-bond donors (Lipinski definition) is 2. The first-order valence-electron chi connectivity index (χ1n) is 5.44. The van der Waals surface area contributed by atoms with Crippen molar-refractivity contribution in [1.29, 1.82) is 0 Å². The van der Waals surface area contributed by atoms with Crippen molar-refractivity contribution in [1.82, 2.24) is 4.98 Å². The lowest BCUT2D eigenvalue weighted by molar-refractivity contribution is 0.0691. The van der Waals surface area contributed by atoms with Crippen molar-refractivity contribution < 1.29 is 19.1 Å². The van der Waals surface area contributed by atoms with Crippen LogP contribution >= 0.6 is 15.9 Å². The molecule has 0 bridgehead atoms.